The molecule has 4 rings (SSSR count). The highest BCUT2D eigenvalue weighted by atomic mass is 16.1. The van der Waals surface area contributed by atoms with Crippen molar-refractivity contribution in [1.82, 2.24) is 20.0 Å². The summed E-state index contributed by atoms with van der Waals surface area (Å²) < 4.78 is 1.69. The number of aryl methyl sites for hydroxylation is 1. The molecule has 2 aromatic carbocycles. The van der Waals surface area contributed by atoms with Gasteiger partial charge in [-0.15, -0.1) is 5.10 Å². The molecule has 4 aromatic rings. The number of carbonyl (C=O) groups excluding carboxylic acids is 1. The van der Waals surface area contributed by atoms with Crippen LogP contribution in [0, 0.1) is 13.8 Å². The van der Waals surface area contributed by atoms with E-state index in [1.54, 1.807) is 4.68 Å². The zero-order valence-electron chi connectivity index (χ0n) is 14.7. The summed E-state index contributed by atoms with van der Waals surface area (Å²) in [5, 5.41) is 9.32. The first-order valence-electron chi connectivity index (χ1n) is 8.49. The molecule has 0 spiro atoms. The molecule has 0 radical (unpaired) electrons. The SMILES string of the molecule is Cc1ccc(-n2nnc(C(=O)Cc3ccc4ccccc4n3)c2C)cc1. The average Bonchev–Trinajstić information content (AvgIpc) is 3.04. The lowest BCUT2D eigenvalue weighted by Crippen LogP contribution is -2.08. The topological polar surface area (TPSA) is 60.7 Å². The molecule has 128 valence electrons. The summed E-state index contributed by atoms with van der Waals surface area (Å²) in [7, 11) is 0. The number of Topliss-reactive ketones (excluding diaryl/α,β-unsaturated/α-hetero) is 1. The molecule has 26 heavy (non-hydrogen) atoms. The van der Waals surface area contributed by atoms with E-state index < -0.39 is 0 Å². The third kappa shape index (κ3) is 2.99. The van der Waals surface area contributed by atoms with E-state index in [0.29, 0.717) is 5.69 Å². The molecule has 0 aliphatic carbocycles. The Morgan fingerprint density at radius 1 is 0.962 bits per heavy atom. The first-order valence-corrected chi connectivity index (χ1v) is 8.49. The van der Waals surface area contributed by atoms with Crippen LogP contribution in [0.25, 0.3) is 16.6 Å². The second kappa shape index (κ2) is 6.52. The van der Waals surface area contributed by atoms with Crippen LogP contribution in [0.2, 0.25) is 0 Å². The quantitative estimate of drug-likeness (QED) is 0.528. The lowest BCUT2D eigenvalue weighted by atomic mass is 10.1. The lowest BCUT2D eigenvalue weighted by Gasteiger charge is -2.04. The fraction of sp³-hybridized carbons (Fsp3) is 0.143. The van der Waals surface area contributed by atoms with E-state index in [-0.39, 0.29) is 12.2 Å². The van der Waals surface area contributed by atoms with E-state index in [4.69, 9.17) is 0 Å². The summed E-state index contributed by atoms with van der Waals surface area (Å²) in [4.78, 5) is 17.3. The molecule has 0 amide bonds. The number of pyridine rings is 1. The molecule has 0 fully saturated rings. The van der Waals surface area contributed by atoms with Crippen molar-refractivity contribution in [2.75, 3.05) is 0 Å². The van der Waals surface area contributed by atoms with Gasteiger partial charge in [-0.1, -0.05) is 47.2 Å². The van der Waals surface area contributed by atoms with Gasteiger partial charge < -0.3 is 0 Å². The van der Waals surface area contributed by atoms with E-state index in [9.17, 15) is 4.79 Å². The summed E-state index contributed by atoms with van der Waals surface area (Å²) in [5.74, 6) is -0.0800. The third-order valence-corrected chi connectivity index (χ3v) is 4.44. The van der Waals surface area contributed by atoms with Gasteiger partial charge in [0, 0.05) is 11.1 Å². The summed E-state index contributed by atoms with van der Waals surface area (Å²) in [6.07, 6.45) is 0.207. The molecule has 0 N–H and O–H groups in total. The molecule has 0 saturated carbocycles. The van der Waals surface area contributed by atoms with Gasteiger partial charge in [-0.2, -0.15) is 0 Å². The van der Waals surface area contributed by atoms with Crippen molar-refractivity contribution in [2.24, 2.45) is 0 Å². The molecule has 5 nitrogen and oxygen atoms in total. The molecule has 2 heterocycles. The van der Waals surface area contributed by atoms with Crippen LogP contribution < -0.4 is 0 Å². The fourth-order valence-corrected chi connectivity index (χ4v) is 2.97. The smallest absolute Gasteiger partial charge is 0.190 e. The fourth-order valence-electron chi connectivity index (χ4n) is 2.97. The predicted octanol–water partition coefficient (Wildman–Crippen LogP) is 3.86. The largest absolute Gasteiger partial charge is 0.292 e. The first-order chi connectivity index (χ1) is 12.6. The monoisotopic (exact) mass is 342 g/mol. The maximum atomic E-state index is 12.7. The Hall–Kier alpha value is -3.34. The van der Waals surface area contributed by atoms with Gasteiger partial charge in [-0.3, -0.25) is 9.78 Å². The van der Waals surface area contributed by atoms with Gasteiger partial charge >= 0.3 is 0 Å². The zero-order chi connectivity index (χ0) is 18.1. The average molecular weight is 342 g/mol. The molecule has 0 saturated heterocycles. The highest BCUT2D eigenvalue weighted by Gasteiger charge is 2.18. The van der Waals surface area contributed by atoms with E-state index in [1.807, 2.05) is 74.5 Å². The molecule has 0 aliphatic rings. The van der Waals surface area contributed by atoms with Gasteiger partial charge in [0.15, 0.2) is 11.5 Å². The number of ketones is 1. The van der Waals surface area contributed by atoms with E-state index >= 15 is 0 Å². The zero-order valence-corrected chi connectivity index (χ0v) is 14.7. The van der Waals surface area contributed by atoms with Gasteiger partial charge in [0.05, 0.1) is 23.3 Å². The second-order valence-electron chi connectivity index (χ2n) is 6.37. The number of hydrogen-bond donors (Lipinski definition) is 0. The number of carbonyl (C=O) groups is 1. The summed E-state index contributed by atoms with van der Waals surface area (Å²) in [5.41, 5.74) is 4.81. The Balaban J connectivity index is 1.61. The van der Waals surface area contributed by atoms with Crippen LogP contribution in [0.4, 0.5) is 0 Å². The summed E-state index contributed by atoms with van der Waals surface area (Å²) in [6, 6.07) is 19.7. The molecular formula is C21H18N4O. The number of nitrogens with zero attached hydrogens (tertiary/aromatic N) is 4. The van der Waals surface area contributed by atoms with Crippen molar-refractivity contribution in [3.63, 3.8) is 0 Å². The number of fused-ring (bicyclic) bond motifs is 1. The van der Waals surface area contributed by atoms with E-state index in [2.05, 4.69) is 15.3 Å². The van der Waals surface area contributed by atoms with Crippen LogP contribution in [0.15, 0.2) is 60.7 Å². The molecule has 0 bridgehead atoms. The number of benzene rings is 2. The Bertz CT molecular complexity index is 1100. The van der Waals surface area contributed by atoms with Crippen LogP contribution in [0.1, 0.15) is 27.4 Å². The Morgan fingerprint density at radius 2 is 1.73 bits per heavy atom. The normalized spacial score (nSPS) is 11.0. The van der Waals surface area contributed by atoms with E-state index in [1.165, 1.54) is 5.56 Å². The third-order valence-electron chi connectivity index (χ3n) is 4.44. The van der Waals surface area contributed by atoms with Crippen LogP contribution in [0.3, 0.4) is 0 Å². The summed E-state index contributed by atoms with van der Waals surface area (Å²) >= 11 is 0. The van der Waals surface area contributed by atoms with Crippen LogP contribution in [-0.4, -0.2) is 25.8 Å². The lowest BCUT2D eigenvalue weighted by molar-refractivity contribution is 0.0986. The molecule has 0 unspecified atom stereocenters. The molecule has 0 aliphatic heterocycles. The van der Waals surface area contributed by atoms with Crippen LogP contribution >= 0.6 is 0 Å². The maximum Gasteiger partial charge on any atom is 0.190 e. The van der Waals surface area contributed by atoms with Crippen molar-refractivity contribution >= 4 is 16.7 Å². The minimum atomic E-state index is -0.0800. The number of rotatable bonds is 4. The number of para-hydroxylation sites is 1. The molecule has 5 heteroatoms. The maximum absolute atomic E-state index is 12.7. The van der Waals surface area contributed by atoms with Crippen molar-refractivity contribution < 1.29 is 4.79 Å². The highest BCUT2D eigenvalue weighted by Crippen LogP contribution is 2.16. The Morgan fingerprint density at radius 3 is 2.54 bits per heavy atom. The standard InChI is InChI=1S/C21H18N4O/c1-14-7-11-18(12-8-14)25-15(2)21(23-24-25)20(26)13-17-10-9-16-5-3-4-6-19(16)22-17/h3-12H,13H2,1-2H3. The van der Waals surface area contributed by atoms with Crippen molar-refractivity contribution in [2.45, 2.75) is 20.3 Å². The Labute approximate surface area is 151 Å². The first kappa shape index (κ1) is 16.1. The van der Waals surface area contributed by atoms with Gasteiger partial charge in [0.2, 0.25) is 0 Å². The highest BCUT2D eigenvalue weighted by molar-refractivity contribution is 5.96. The van der Waals surface area contributed by atoms with Gasteiger partial charge in [-0.25, -0.2) is 4.68 Å². The van der Waals surface area contributed by atoms with Gasteiger partial charge in [-0.05, 0) is 38.1 Å². The second-order valence-corrected chi connectivity index (χ2v) is 6.37. The number of aromatic nitrogens is 4. The Kier molecular flexibility index (Phi) is 4.05. The number of hydrogen-bond acceptors (Lipinski definition) is 4. The van der Waals surface area contributed by atoms with Crippen LogP contribution in [-0.2, 0) is 6.42 Å². The predicted molar refractivity (Wildman–Crippen MR) is 101 cm³/mol. The molecular weight excluding hydrogens is 324 g/mol. The minimum absolute atomic E-state index is 0.0800. The molecule has 0 atom stereocenters. The van der Waals surface area contributed by atoms with Crippen LogP contribution in [0.5, 0.6) is 0 Å². The van der Waals surface area contributed by atoms with Crippen molar-refractivity contribution in [3.8, 4) is 5.69 Å². The molecule has 2 aromatic heterocycles. The van der Waals surface area contributed by atoms with E-state index in [0.717, 1.165) is 28.0 Å². The minimum Gasteiger partial charge on any atom is -0.292 e. The summed E-state index contributed by atoms with van der Waals surface area (Å²) in [6.45, 7) is 3.89. The van der Waals surface area contributed by atoms with Gasteiger partial charge in [0.1, 0.15) is 0 Å². The van der Waals surface area contributed by atoms with Crippen molar-refractivity contribution in [3.05, 3.63) is 83.3 Å². The van der Waals surface area contributed by atoms with Gasteiger partial charge in [0.25, 0.3) is 0 Å². The van der Waals surface area contributed by atoms with Crippen molar-refractivity contribution in [1.29, 1.82) is 0 Å².